The van der Waals surface area contributed by atoms with Crippen LogP contribution in [0.2, 0.25) is 0 Å². The van der Waals surface area contributed by atoms with E-state index in [2.05, 4.69) is 234 Å². The molecule has 0 atom stereocenters. The molecule has 0 saturated carbocycles. The van der Waals surface area contributed by atoms with Crippen molar-refractivity contribution in [3.8, 4) is 90.8 Å². The Morgan fingerprint density at radius 2 is 0.647 bits per heavy atom. The summed E-state index contributed by atoms with van der Waals surface area (Å²) in [6, 6.07) is 106. The smallest absolute Gasteiger partial charge is 0.165 e. The molecule has 11 nitrogen and oxygen atoms in total. The Morgan fingerprint density at radius 1 is 0.225 bits per heavy atom. The Kier molecular flexibility index (Phi) is 12.1. The van der Waals surface area contributed by atoms with E-state index in [0.717, 1.165) is 159 Å². The van der Waals surface area contributed by atoms with Gasteiger partial charge < -0.3 is 22.4 Å². The topological polar surface area (TPSA) is 127 Å². The van der Waals surface area contributed by atoms with Crippen LogP contribution in [0.4, 0.5) is 0 Å². The number of nitrogens with zero attached hydrogens (tertiary/aromatic N) is 8. The van der Waals surface area contributed by atoms with Crippen LogP contribution in [0.1, 0.15) is 0 Å². The third kappa shape index (κ3) is 8.73. The molecule has 22 aromatic rings. The fourth-order valence-electron chi connectivity index (χ4n) is 15.5. The zero-order valence-corrected chi connectivity index (χ0v) is 54.9. The minimum Gasteiger partial charge on any atom is -0.456 e. The number of rotatable bonds is 9. The van der Waals surface area contributed by atoms with Gasteiger partial charge in [0.05, 0.1) is 22.1 Å². The molecule has 8 heterocycles. The SMILES string of the molecule is c1ccc(-c2nc(-c3ccc4oc5cc(-n6c7ccccc7c7cc(-c8ccc(-c9nc(-c%10ccc%11oc%12cc(-n%13c%14ccccc%14c%14ccccc%14%13)ccc%12c%11c%10)nc(-c%10cccc%11oc%12ccccc%12c%10%11)n9)cc8)ccc76)ccc5c4c3)nc(-c3cccc4c3sc3ccccc34)n2)cc1. The van der Waals surface area contributed by atoms with Gasteiger partial charge >= 0.3 is 0 Å². The maximum absolute atomic E-state index is 6.75. The quantitative estimate of drug-likeness (QED) is 0.139. The minimum atomic E-state index is 0.540. The number of thiophene rings is 1. The second-order valence-corrected chi connectivity index (χ2v) is 27.1. The van der Waals surface area contributed by atoms with Gasteiger partial charge in [0.1, 0.15) is 33.5 Å². The number of furan rings is 3. The standard InChI is InChI=1S/C90H50N8O3S/c1-2-16-52(17-3-1)85-91-88(96-90(94-85)68-25-14-23-65-64-21-8-13-31-82(64)102-84(65)68)56-38-45-78-71(48-56)63-42-40-58(50-81(63)101-78)98-74-28-11-6-20-61(74)69-46-54(36-43-75(69)98)51-32-34-53(35-33-51)86-92-87(95-89(93-86)67-24-15-30-79-83(67)66-22-7-12-29-76(66)99-79)55-37-44-77-70(47-55)62-41-39-57(49-80(62)100-77)97-72-26-9-4-18-59(72)60-19-5-10-27-73(60)97/h1-50H. The molecule has 0 bridgehead atoms. The predicted octanol–water partition coefficient (Wildman–Crippen LogP) is 24.0. The molecule has 0 unspecified atom stereocenters. The Hall–Kier alpha value is -13.7. The molecular weight excluding hydrogens is 1270 g/mol. The van der Waals surface area contributed by atoms with Gasteiger partial charge in [0.2, 0.25) is 0 Å². The Labute approximate surface area is 583 Å². The molecule has 14 aromatic carbocycles. The predicted molar refractivity (Wildman–Crippen MR) is 415 cm³/mol. The van der Waals surface area contributed by atoms with Gasteiger partial charge in [-0.3, -0.25) is 0 Å². The molecule has 0 aliphatic rings. The lowest BCUT2D eigenvalue weighted by atomic mass is 10.0. The summed E-state index contributed by atoms with van der Waals surface area (Å²) in [5.74, 6) is 3.46. The second-order valence-electron chi connectivity index (χ2n) is 26.1. The summed E-state index contributed by atoms with van der Waals surface area (Å²) in [5, 5.41) is 13.0. The highest BCUT2D eigenvalue weighted by Crippen LogP contribution is 2.44. The van der Waals surface area contributed by atoms with Crippen molar-refractivity contribution in [1.82, 2.24) is 39.0 Å². The van der Waals surface area contributed by atoms with Crippen LogP contribution in [0.5, 0.6) is 0 Å². The molecule has 0 spiro atoms. The number of benzene rings is 14. The van der Waals surface area contributed by atoms with E-state index in [1.807, 2.05) is 78.9 Å². The third-order valence-corrected chi connectivity index (χ3v) is 21.5. The lowest BCUT2D eigenvalue weighted by Crippen LogP contribution is -2.00. The molecule has 0 radical (unpaired) electrons. The average molecular weight is 1320 g/mol. The first-order valence-electron chi connectivity index (χ1n) is 34.0. The normalized spacial score (nSPS) is 12.1. The van der Waals surface area contributed by atoms with Crippen LogP contribution in [-0.4, -0.2) is 39.0 Å². The zero-order valence-electron chi connectivity index (χ0n) is 54.1. The fourth-order valence-corrected chi connectivity index (χ4v) is 16.7. The van der Waals surface area contributed by atoms with Gasteiger partial charge in [-0.05, 0) is 126 Å². The molecule has 0 aliphatic carbocycles. The number of fused-ring (bicyclic) bond motifs is 18. The van der Waals surface area contributed by atoms with E-state index in [0.29, 0.717) is 34.9 Å². The van der Waals surface area contributed by atoms with Gasteiger partial charge in [-0.15, -0.1) is 11.3 Å². The summed E-state index contributed by atoms with van der Waals surface area (Å²) in [5.41, 5.74) is 18.6. The van der Waals surface area contributed by atoms with Gasteiger partial charge in [0, 0.05) is 131 Å². The summed E-state index contributed by atoms with van der Waals surface area (Å²) in [7, 11) is 0. The van der Waals surface area contributed by atoms with Crippen molar-refractivity contribution in [3.05, 3.63) is 303 Å². The molecule has 0 aliphatic heterocycles. The van der Waals surface area contributed by atoms with Crippen molar-refractivity contribution in [2.24, 2.45) is 0 Å². The Bertz CT molecular complexity index is 7230. The lowest BCUT2D eigenvalue weighted by Gasteiger charge is -2.10. The molecule has 12 heteroatoms. The summed E-state index contributed by atoms with van der Waals surface area (Å²) < 4.78 is 26.9. The third-order valence-electron chi connectivity index (χ3n) is 20.3. The van der Waals surface area contributed by atoms with Crippen molar-refractivity contribution < 1.29 is 13.3 Å². The van der Waals surface area contributed by atoms with Crippen LogP contribution in [0.3, 0.4) is 0 Å². The van der Waals surface area contributed by atoms with Crippen molar-refractivity contribution in [2.45, 2.75) is 0 Å². The first-order chi connectivity index (χ1) is 50.5. The average Bonchev–Trinajstić information content (AvgIpc) is 1.59. The number of aromatic nitrogens is 8. The van der Waals surface area contributed by atoms with Crippen molar-refractivity contribution >= 4 is 141 Å². The molecular formula is C90H50N8O3S. The first-order valence-corrected chi connectivity index (χ1v) is 34.8. The van der Waals surface area contributed by atoms with Crippen LogP contribution >= 0.6 is 11.3 Å². The number of hydrogen-bond acceptors (Lipinski definition) is 10. The van der Waals surface area contributed by atoms with Gasteiger partial charge in [-0.2, -0.15) is 0 Å². The molecule has 102 heavy (non-hydrogen) atoms. The Balaban J connectivity index is 0.614. The van der Waals surface area contributed by atoms with E-state index in [9.17, 15) is 0 Å². The van der Waals surface area contributed by atoms with Gasteiger partial charge in [-0.25, -0.2) is 29.9 Å². The maximum Gasteiger partial charge on any atom is 0.165 e. The molecule has 474 valence electrons. The van der Waals surface area contributed by atoms with Gasteiger partial charge in [-0.1, -0.05) is 176 Å². The molecule has 0 saturated heterocycles. The maximum atomic E-state index is 6.75. The zero-order chi connectivity index (χ0) is 66.7. The molecule has 0 N–H and O–H groups in total. The van der Waals surface area contributed by atoms with E-state index >= 15 is 0 Å². The molecule has 0 fully saturated rings. The van der Waals surface area contributed by atoms with E-state index in [1.165, 1.54) is 26.2 Å². The Morgan fingerprint density at radius 3 is 1.28 bits per heavy atom. The van der Waals surface area contributed by atoms with E-state index in [-0.39, 0.29) is 0 Å². The molecule has 0 amide bonds. The van der Waals surface area contributed by atoms with E-state index in [4.69, 9.17) is 43.2 Å². The minimum absolute atomic E-state index is 0.540. The van der Waals surface area contributed by atoms with Crippen LogP contribution in [0.15, 0.2) is 317 Å². The number of para-hydroxylation sites is 4. The van der Waals surface area contributed by atoms with Crippen LogP contribution in [0.25, 0.3) is 220 Å². The summed E-state index contributed by atoms with van der Waals surface area (Å²) in [6.45, 7) is 0. The van der Waals surface area contributed by atoms with E-state index in [1.54, 1.807) is 11.3 Å². The fraction of sp³-hybridized carbons (Fsp3) is 0. The second kappa shape index (κ2) is 21.9. The summed E-state index contributed by atoms with van der Waals surface area (Å²) >= 11 is 1.77. The van der Waals surface area contributed by atoms with Crippen molar-refractivity contribution in [3.63, 3.8) is 0 Å². The highest BCUT2D eigenvalue weighted by atomic mass is 32.1. The van der Waals surface area contributed by atoms with Crippen LogP contribution < -0.4 is 0 Å². The molecule has 22 rings (SSSR count). The van der Waals surface area contributed by atoms with Gasteiger partial charge in [0.15, 0.2) is 34.9 Å². The molecule has 8 aromatic heterocycles. The van der Waals surface area contributed by atoms with Crippen molar-refractivity contribution in [1.29, 1.82) is 0 Å². The highest BCUT2D eigenvalue weighted by Gasteiger charge is 2.24. The summed E-state index contributed by atoms with van der Waals surface area (Å²) in [6.07, 6.45) is 0. The van der Waals surface area contributed by atoms with Gasteiger partial charge in [0.25, 0.3) is 0 Å². The lowest BCUT2D eigenvalue weighted by molar-refractivity contribution is 0.668. The highest BCUT2D eigenvalue weighted by molar-refractivity contribution is 7.26. The van der Waals surface area contributed by atoms with Crippen molar-refractivity contribution in [2.75, 3.05) is 0 Å². The monoisotopic (exact) mass is 1320 g/mol. The summed E-state index contributed by atoms with van der Waals surface area (Å²) in [4.78, 5) is 31.5. The van der Waals surface area contributed by atoms with Crippen LogP contribution in [0, 0.1) is 0 Å². The van der Waals surface area contributed by atoms with E-state index < -0.39 is 0 Å². The number of hydrogen-bond donors (Lipinski definition) is 0. The van der Waals surface area contributed by atoms with Crippen LogP contribution in [-0.2, 0) is 0 Å². The first kappa shape index (κ1) is 56.3. The largest absolute Gasteiger partial charge is 0.456 e.